The van der Waals surface area contributed by atoms with E-state index < -0.39 is 0 Å². The van der Waals surface area contributed by atoms with Gasteiger partial charge in [0.1, 0.15) is 0 Å². The van der Waals surface area contributed by atoms with Crippen LogP contribution in [0, 0.1) is 0 Å². The fourth-order valence-electron chi connectivity index (χ4n) is 2.27. The fraction of sp³-hybridized carbons (Fsp3) is 0. The van der Waals surface area contributed by atoms with Crippen LogP contribution in [0.15, 0.2) is 68.1 Å². The number of nitrogens with zero attached hydrogens (tertiary/aromatic N) is 2. The summed E-state index contributed by atoms with van der Waals surface area (Å²) in [7, 11) is 0. The van der Waals surface area contributed by atoms with E-state index in [-0.39, 0.29) is 0 Å². The summed E-state index contributed by atoms with van der Waals surface area (Å²) in [6.45, 7) is 0. The van der Waals surface area contributed by atoms with Crippen molar-refractivity contribution in [1.29, 1.82) is 0 Å². The molecule has 0 spiro atoms. The zero-order valence-corrected chi connectivity index (χ0v) is 12.4. The van der Waals surface area contributed by atoms with Crippen LogP contribution >= 0.6 is 15.9 Å². The van der Waals surface area contributed by atoms with Gasteiger partial charge in [0, 0.05) is 5.56 Å². The minimum Gasteiger partial charge on any atom is -0.444 e. The molecule has 0 aliphatic carbocycles. The molecule has 0 atom stereocenters. The van der Waals surface area contributed by atoms with Gasteiger partial charge in [-0.15, -0.1) is 10.2 Å². The smallest absolute Gasteiger partial charge is 0.283 e. The molecule has 21 heavy (non-hydrogen) atoms. The maximum atomic E-state index is 5.74. The van der Waals surface area contributed by atoms with Crippen LogP contribution in [0.25, 0.3) is 33.9 Å². The average molecular weight is 341 g/mol. The number of hydrogen-bond acceptors (Lipinski definition) is 4. The minimum absolute atomic E-state index is 0.364. The van der Waals surface area contributed by atoms with E-state index in [0.29, 0.717) is 22.2 Å². The van der Waals surface area contributed by atoms with Gasteiger partial charge in [0.05, 0.1) is 0 Å². The highest BCUT2D eigenvalue weighted by Gasteiger charge is 2.15. The Hall–Kier alpha value is -2.40. The van der Waals surface area contributed by atoms with Crippen molar-refractivity contribution in [3.8, 4) is 23.1 Å². The molecule has 4 nitrogen and oxygen atoms in total. The van der Waals surface area contributed by atoms with Gasteiger partial charge in [-0.05, 0) is 44.9 Å². The normalized spacial score (nSPS) is 11.1. The van der Waals surface area contributed by atoms with Crippen LogP contribution in [0.4, 0.5) is 0 Å². The van der Waals surface area contributed by atoms with E-state index in [0.717, 1.165) is 16.3 Å². The predicted molar refractivity (Wildman–Crippen MR) is 82.6 cm³/mol. The number of furan rings is 1. The SMILES string of the molecule is Brc1ccc(-c2nnc(-c3cccc4ccccc34)o2)o1. The van der Waals surface area contributed by atoms with Crippen molar-refractivity contribution in [2.75, 3.05) is 0 Å². The molecule has 4 aromatic rings. The molecular formula is C16H9BrN2O2. The summed E-state index contributed by atoms with van der Waals surface area (Å²) < 4.78 is 11.8. The molecule has 0 aliphatic heterocycles. The Labute approximate surface area is 128 Å². The summed E-state index contributed by atoms with van der Waals surface area (Å²) in [6, 6.07) is 17.7. The molecule has 0 amide bonds. The van der Waals surface area contributed by atoms with Gasteiger partial charge in [-0.3, -0.25) is 0 Å². The highest BCUT2D eigenvalue weighted by molar-refractivity contribution is 9.10. The van der Waals surface area contributed by atoms with Gasteiger partial charge in [-0.25, -0.2) is 0 Å². The highest BCUT2D eigenvalue weighted by atomic mass is 79.9. The molecule has 102 valence electrons. The van der Waals surface area contributed by atoms with Crippen molar-refractivity contribution in [2.24, 2.45) is 0 Å². The molecule has 0 fully saturated rings. The van der Waals surface area contributed by atoms with E-state index in [1.165, 1.54) is 0 Å². The third-order valence-corrected chi connectivity index (χ3v) is 3.66. The molecule has 0 N–H and O–H groups in total. The van der Waals surface area contributed by atoms with Crippen molar-refractivity contribution in [1.82, 2.24) is 10.2 Å². The molecule has 0 bridgehead atoms. The number of rotatable bonds is 2. The van der Waals surface area contributed by atoms with Crippen LogP contribution in [-0.4, -0.2) is 10.2 Å². The number of aromatic nitrogens is 2. The minimum atomic E-state index is 0.364. The largest absolute Gasteiger partial charge is 0.444 e. The third-order valence-electron chi connectivity index (χ3n) is 3.23. The van der Waals surface area contributed by atoms with Gasteiger partial charge in [-0.1, -0.05) is 36.4 Å². The van der Waals surface area contributed by atoms with E-state index in [1.54, 1.807) is 12.1 Å². The van der Waals surface area contributed by atoms with E-state index in [4.69, 9.17) is 8.83 Å². The van der Waals surface area contributed by atoms with Gasteiger partial charge in [0.25, 0.3) is 5.89 Å². The van der Waals surface area contributed by atoms with Crippen LogP contribution in [0.2, 0.25) is 0 Å². The molecule has 2 aromatic carbocycles. The summed E-state index contributed by atoms with van der Waals surface area (Å²) >= 11 is 3.26. The van der Waals surface area contributed by atoms with E-state index >= 15 is 0 Å². The lowest BCUT2D eigenvalue weighted by Gasteiger charge is -2.01. The van der Waals surface area contributed by atoms with Crippen LogP contribution in [0.1, 0.15) is 0 Å². The highest BCUT2D eigenvalue weighted by Crippen LogP contribution is 2.30. The Bertz CT molecular complexity index is 921. The molecule has 0 unspecified atom stereocenters. The first kappa shape index (κ1) is 12.3. The molecule has 0 saturated heterocycles. The summed E-state index contributed by atoms with van der Waals surface area (Å²) in [5, 5.41) is 10.4. The van der Waals surface area contributed by atoms with Crippen molar-refractivity contribution in [3.63, 3.8) is 0 Å². The standard InChI is InChI=1S/C16H9BrN2O2/c17-14-9-8-13(20-14)16-19-18-15(21-16)12-7-3-5-10-4-1-2-6-11(10)12/h1-9H. The number of halogens is 1. The maximum Gasteiger partial charge on any atom is 0.283 e. The lowest BCUT2D eigenvalue weighted by atomic mass is 10.0. The van der Waals surface area contributed by atoms with Crippen LogP contribution in [-0.2, 0) is 0 Å². The van der Waals surface area contributed by atoms with E-state index in [2.05, 4.69) is 38.3 Å². The molecule has 0 aliphatic rings. The van der Waals surface area contributed by atoms with Crippen molar-refractivity contribution >= 4 is 26.7 Å². The van der Waals surface area contributed by atoms with Gasteiger partial charge >= 0.3 is 0 Å². The third kappa shape index (κ3) is 2.15. The van der Waals surface area contributed by atoms with Crippen LogP contribution < -0.4 is 0 Å². The van der Waals surface area contributed by atoms with Crippen LogP contribution in [0.3, 0.4) is 0 Å². The Kier molecular flexibility index (Phi) is 2.86. The molecule has 0 saturated carbocycles. The molecule has 0 radical (unpaired) electrons. The molecular weight excluding hydrogens is 332 g/mol. The number of fused-ring (bicyclic) bond motifs is 1. The average Bonchev–Trinajstić information content (AvgIpc) is 3.15. The summed E-state index contributed by atoms with van der Waals surface area (Å²) in [6.07, 6.45) is 0. The first-order chi connectivity index (χ1) is 10.3. The van der Waals surface area contributed by atoms with Crippen molar-refractivity contribution in [2.45, 2.75) is 0 Å². The zero-order valence-electron chi connectivity index (χ0n) is 10.8. The number of hydrogen-bond donors (Lipinski definition) is 0. The first-order valence-corrected chi connectivity index (χ1v) is 7.18. The van der Waals surface area contributed by atoms with Gasteiger partial charge in [-0.2, -0.15) is 0 Å². The molecule has 4 rings (SSSR count). The molecule has 2 aromatic heterocycles. The number of benzene rings is 2. The lowest BCUT2D eigenvalue weighted by molar-refractivity contribution is 0.509. The summed E-state index contributed by atoms with van der Waals surface area (Å²) in [5.41, 5.74) is 0.914. The van der Waals surface area contributed by atoms with Gasteiger partial charge in [0.15, 0.2) is 10.4 Å². The zero-order chi connectivity index (χ0) is 14.2. The topological polar surface area (TPSA) is 52.1 Å². The Morgan fingerprint density at radius 2 is 1.57 bits per heavy atom. The van der Waals surface area contributed by atoms with Gasteiger partial charge < -0.3 is 8.83 Å². The predicted octanol–water partition coefficient (Wildman–Crippen LogP) is 4.91. The summed E-state index contributed by atoms with van der Waals surface area (Å²) in [4.78, 5) is 0. The molecule has 2 heterocycles. The van der Waals surface area contributed by atoms with E-state index in [1.807, 2.05) is 30.3 Å². The molecule has 5 heteroatoms. The Morgan fingerprint density at radius 1 is 0.762 bits per heavy atom. The van der Waals surface area contributed by atoms with Crippen molar-refractivity contribution < 1.29 is 8.83 Å². The van der Waals surface area contributed by atoms with Crippen molar-refractivity contribution in [3.05, 3.63) is 59.3 Å². The monoisotopic (exact) mass is 340 g/mol. The second-order valence-electron chi connectivity index (χ2n) is 4.54. The lowest BCUT2D eigenvalue weighted by Crippen LogP contribution is -1.80. The summed E-state index contributed by atoms with van der Waals surface area (Å²) in [5.74, 6) is 1.39. The second-order valence-corrected chi connectivity index (χ2v) is 5.32. The second kappa shape index (κ2) is 4.86. The van der Waals surface area contributed by atoms with E-state index in [9.17, 15) is 0 Å². The quantitative estimate of drug-likeness (QED) is 0.520. The van der Waals surface area contributed by atoms with Crippen LogP contribution in [0.5, 0.6) is 0 Å². The Balaban J connectivity index is 1.85. The Morgan fingerprint density at radius 3 is 2.43 bits per heavy atom. The maximum absolute atomic E-state index is 5.74. The van der Waals surface area contributed by atoms with Gasteiger partial charge in [0.2, 0.25) is 5.89 Å². The fourth-order valence-corrected chi connectivity index (χ4v) is 2.58. The first-order valence-electron chi connectivity index (χ1n) is 6.38.